The number of ether oxygens (including phenoxy) is 1. The third-order valence-electron chi connectivity index (χ3n) is 1.57. The molecule has 0 amide bonds. The van der Waals surface area contributed by atoms with Gasteiger partial charge in [-0.15, -0.1) is 0 Å². The maximum absolute atomic E-state index is 5.38. The van der Waals surface area contributed by atoms with Gasteiger partial charge in [-0.2, -0.15) is 0 Å². The summed E-state index contributed by atoms with van der Waals surface area (Å²) >= 11 is 0. The summed E-state index contributed by atoms with van der Waals surface area (Å²) in [5.41, 5.74) is 6.25. The normalized spacial score (nSPS) is 10.6. The Morgan fingerprint density at radius 3 is 2.92 bits per heavy atom. The van der Waals surface area contributed by atoms with Crippen LogP contribution in [0.15, 0.2) is 4.42 Å². The van der Waals surface area contributed by atoms with Crippen molar-refractivity contribution in [1.82, 2.24) is 4.98 Å². The van der Waals surface area contributed by atoms with Crippen molar-refractivity contribution in [2.24, 2.45) is 5.73 Å². The van der Waals surface area contributed by atoms with Gasteiger partial charge in [-0.25, -0.2) is 4.98 Å². The number of aryl methyl sites for hydroxylation is 1. The molecule has 2 N–H and O–H groups in total. The van der Waals surface area contributed by atoms with Gasteiger partial charge in [0.15, 0.2) is 11.7 Å². The Morgan fingerprint density at radius 2 is 2.33 bits per heavy atom. The van der Waals surface area contributed by atoms with Crippen molar-refractivity contribution in [3.63, 3.8) is 0 Å². The van der Waals surface area contributed by atoms with E-state index >= 15 is 0 Å². The Bertz CT molecular complexity index is 245. The van der Waals surface area contributed by atoms with Crippen LogP contribution in [0.25, 0.3) is 0 Å². The minimum absolute atomic E-state index is 0.476. The summed E-state index contributed by atoms with van der Waals surface area (Å²) in [5.74, 6) is 1.49. The topological polar surface area (TPSA) is 61.3 Å². The number of aromatic nitrogens is 1. The Morgan fingerprint density at radius 1 is 1.58 bits per heavy atom. The smallest absolute Gasteiger partial charge is 0.196 e. The van der Waals surface area contributed by atoms with Gasteiger partial charge >= 0.3 is 0 Å². The van der Waals surface area contributed by atoms with E-state index in [1.165, 1.54) is 0 Å². The van der Waals surface area contributed by atoms with E-state index in [1.54, 1.807) is 7.11 Å². The molecule has 4 heteroatoms. The lowest BCUT2D eigenvalue weighted by molar-refractivity contribution is 0.162. The number of hydrogen-bond acceptors (Lipinski definition) is 4. The van der Waals surface area contributed by atoms with Crippen LogP contribution in [0.1, 0.15) is 17.3 Å². The second kappa shape index (κ2) is 4.23. The Labute approximate surface area is 71.7 Å². The predicted molar refractivity (Wildman–Crippen MR) is 44.7 cm³/mol. The first-order valence-electron chi connectivity index (χ1n) is 3.92. The minimum atomic E-state index is 0.476. The molecule has 0 aliphatic carbocycles. The van der Waals surface area contributed by atoms with Crippen LogP contribution in [0.5, 0.6) is 0 Å². The van der Waals surface area contributed by atoms with E-state index in [9.17, 15) is 0 Å². The molecule has 0 aliphatic heterocycles. The van der Waals surface area contributed by atoms with Crippen molar-refractivity contribution in [2.45, 2.75) is 20.0 Å². The fraction of sp³-hybridized carbons (Fsp3) is 0.625. The summed E-state index contributed by atoms with van der Waals surface area (Å²) < 4.78 is 10.3. The molecule has 1 aromatic rings. The van der Waals surface area contributed by atoms with Gasteiger partial charge in [0.25, 0.3) is 0 Å². The van der Waals surface area contributed by atoms with Gasteiger partial charge in [0.2, 0.25) is 0 Å². The first-order valence-corrected chi connectivity index (χ1v) is 3.92. The molecule has 68 valence electrons. The van der Waals surface area contributed by atoms with E-state index in [0.29, 0.717) is 25.5 Å². The highest BCUT2D eigenvalue weighted by atomic mass is 16.5. The molecule has 0 aromatic carbocycles. The van der Waals surface area contributed by atoms with E-state index in [-0.39, 0.29) is 0 Å². The summed E-state index contributed by atoms with van der Waals surface area (Å²) in [6, 6.07) is 0. The SMILES string of the molecule is COCc1oc(CCN)nc1C. The highest BCUT2D eigenvalue weighted by Crippen LogP contribution is 2.10. The van der Waals surface area contributed by atoms with E-state index in [0.717, 1.165) is 11.5 Å². The van der Waals surface area contributed by atoms with Crippen molar-refractivity contribution in [1.29, 1.82) is 0 Å². The second-order valence-electron chi connectivity index (χ2n) is 2.59. The molecule has 4 nitrogen and oxygen atoms in total. The molecule has 0 saturated carbocycles. The maximum atomic E-state index is 5.38. The van der Waals surface area contributed by atoms with Crippen molar-refractivity contribution in [2.75, 3.05) is 13.7 Å². The lowest BCUT2D eigenvalue weighted by Crippen LogP contribution is -2.02. The first-order chi connectivity index (χ1) is 5.77. The molecule has 0 aliphatic rings. The fourth-order valence-corrected chi connectivity index (χ4v) is 0.984. The fourth-order valence-electron chi connectivity index (χ4n) is 0.984. The van der Waals surface area contributed by atoms with Gasteiger partial charge in [-0.1, -0.05) is 0 Å². The van der Waals surface area contributed by atoms with Crippen molar-refractivity contribution >= 4 is 0 Å². The van der Waals surface area contributed by atoms with Crippen molar-refractivity contribution in [3.8, 4) is 0 Å². The Hall–Kier alpha value is -0.870. The number of nitrogens with two attached hydrogens (primary N) is 1. The molecular weight excluding hydrogens is 156 g/mol. The molecule has 1 heterocycles. The van der Waals surface area contributed by atoms with Crippen molar-refractivity contribution < 1.29 is 9.15 Å². The average Bonchev–Trinajstić information content (AvgIpc) is 2.34. The molecule has 0 fully saturated rings. The minimum Gasteiger partial charge on any atom is -0.443 e. The van der Waals surface area contributed by atoms with Crippen LogP contribution in [0.4, 0.5) is 0 Å². The standard InChI is InChI=1S/C8H14N2O2/c1-6-7(5-11-2)12-8(10-6)3-4-9/h3-5,9H2,1-2H3. The number of methoxy groups -OCH3 is 1. The molecule has 0 bridgehead atoms. The van der Waals surface area contributed by atoms with Crippen LogP contribution in [0.2, 0.25) is 0 Å². The molecule has 0 spiro atoms. The van der Waals surface area contributed by atoms with Crippen LogP contribution in [0.3, 0.4) is 0 Å². The molecule has 0 saturated heterocycles. The second-order valence-corrected chi connectivity index (χ2v) is 2.59. The molecule has 0 radical (unpaired) electrons. The van der Waals surface area contributed by atoms with Gasteiger partial charge in [-0.3, -0.25) is 0 Å². The van der Waals surface area contributed by atoms with Crippen LogP contribution in [-0.2, 0) is 17.8 Å². The maximum Gasteiger partial charge on any atom is 0.196 e. The Kier molecular flexibility index (Phi) is 3.25. The zero-order valence-corrected chi connectivity index (χ0v) is 7.46. The highest BCUT2D eigenvalue weighted by molar-refractivity contribution is 5.06. The predicted octanol–water partition coefficient (Wildman–Crippen LogP) is 0.631. The quantitative estimate of drug-likeness (QED) is 0.720. The number of rotatable bonds is 4. The number of hydrogen-bond donors (Lipinski definition) is 1. The molecule has 1 rings (SSSR count). The summed E-state index contributed by atoms with van der Waals surface area (Å²) in [5, 5.41) is 0. The van der Waals surface area contributed by atoms with E-state index in [4.69, 9.17) is 14.9 Å². The van der Waals surface area contributed by atoms with Gasteiger partial charge in [0.05, 0.1) is 5.69 Å². The van der Waals surface area contributed by atoms with Crippen LogP contribution >= 0.6 is 0 Å². The molecule has 0 atom stereocenters. The third-order valence-corrected chi connectivity index (χ3v) is 1.57. The van der Waals surface area contributed by atoms with Gasteiger partial charge in [-0.05, 0) is 6.92 Å². The number of nitrogens with zero attached hydrogens (tertiary/aromatic N) is 1. The van der Waals surface area contributed by atoms with Crippen molar-refractivity contribution in [3.05, 3.63) is 17.3 Å². The van der Waals surface area contributed by atoms with E-state index in [2.05, 4.69) is 4.98 Å². The summed E-state index contributed by atoms with van der Waals surface area (Å²) in [7, 11) is 1.63. The lowest BCUT2D eigenvalue weighted by Gasteiger charge is -1.92. The largest absolute Gasteiger partial charge is 0.443 e. The Balaban J connectivity index is 2.70. The van der Waals surface area contributed by atoms with Crippen LogP contribution in [-0.4, -0.2) is 18.6 Å². The first kappa shape index (κ1) is 9.22. The molecular formula is C8H14N2O2. The van der Waals surface area contributed by atoms with E-state index < -0.39 is 0 Å². The molecule has 1 aromatic heterocycles. The molecule has 0 unspecified atom stereocenters. The highest BCUT2D eigenvalue weighted by Gasteiger charge is 2.07. The zero-order valence-electron chi connectivity index (χ0n) is 7.46. The third kappa shape index (κ3) is 2.06. The van der Waals surface area contributed by atoms with Crippen LogP contribution in [0, 0.1) is 6.92 Å². The molecule has 12 heavy (non-hydrogen) atoms. The average molecular weight is 170 g/mol. The monoisotopic (exact) mass is 170 g/mol. The van der Waals surface area contributed by atoms with Gasteiger partial charge in [0.1, 0.15) is 6.61 Å². The summed E-state index contributed by atoms with van der Waals surface area (Å²) in [4.78, 5) is 4.19. The summed E-state index contributed by atoms with van der Waals surface area (Å²) in [6.45, 7) is 2.94. The number of oxazole rings is 1. The van der Waals surface area contributed by atoms with Crippen LogP contribution < -0.4 is 5.73 Å². The van der Waals surface area contributed by atoms with E-state index in [1.807, 2.05) is 6.92 Å². The summed E-state index contributed by atoms with van der Waals surface area (Å²) in [6.07, 6.45) is 0.685. The van der Waals surface area contributed by atoms with Gasteiger partial charge in [0, 0.05) is 20.1 Å². The zero-order chi connectivity index (χ0) is 8.97. The van der Waals surface area contributed by atoms with Gasteiger partial charge < -0.3 is 14.9 Å². The lowest BCUT2D eigenvalue weighted by atomic mass is 10.4.